The Bertz CT molecular complexity index is 177. The fourth-order valence-electron chi connectivity index (χ4n) is 0.864. The Hall–Kier alpha value is -0.220. The minimum absolute atomic E-state index is 0.0471. The third kappa shape index (κ3) is 8.38. The van der Waals surface area contributed by atoms with Gasteiger partial charge in [-0.25, -0.2) is 0 Å². The van der Waals surface area contributed by atoms with Crippen molar-refractivity contribution in [2.24, 2.45) is 0 Å². The Morgan fingerprint density at radius 2 is 2.07 bits per heavy atom. The zero-order valence-corrected chi connectivity index (χ0v) is 10.3. The van der Waals surface area contributed by atoms with E-state index < -0.39 is 0 Å². The van der Waals surface area contributed by atoms with Crippen LogP contribution in [0.1, 0.15) is 34.1 Å². The summed E-state index contributed by atoms with van der Waals surface area (Å²) in [4.78, 5) is 11.4. The quantitative estimate of drug-likeness (QED) is 0.735. The Morgan fingerprint density at radius 3 is 2.50 bits per heavy atom. The fraction of sp³-hybridized carbons (Fsp3) is 0.900. The van der Waals surface area contributed by atoms with E-state index in [1.165, 1.54) is 0 Å². The van der Waals surface area contributed by atoms with Gasteiger partial charge in [0, 0.05) is 17.4 Å². The van der Waals surface area contributed by atoms with Crippen LogP contribution in [0, 0.1) is 0 Å². The second-order valence-corrected chi connectivity index (χ2v) is 6.18. The first-order valence-corrected chi connectivity index (χ1v) is 5.88. The van der Waals surface area contributed by atoms with Crippen molar-refractivity contribution in [3.8, 4) is 0 Å². The molecular weight excluding hydrogens is 198 g/mol. The molecule has 1 amide bonds. The summed E-state index contributed by atoms with van der Waals surface area (Å²) in [5.41, 5.74) is 0. The lowest BCUT2D eigenvalue weighted by molar-refractivity contribution is -0.119. The predicted octanol–water partition coefficient (Wildman–Crippen LogP) is 1.41. The lowest BCUT2D eigenvalue weighted by atomic mass is 10.2. The second kappa shape index (κ2) is 6.30. The standard InChI is InChI=1S/C10H21NO2S/c1-8(5-6-12)11-9(13)7-14-10(2,3)4/h8,12H,5-7H2,1-4H3,(H,11,13). The molecule has 1 atom stereocenters. The van der Waals surface area contributed by atoms with E-state index in [0.29, 0.717) is 12.2 Å². The molecule has 2 N–H and O–H groups in total. The first kappa shape index (κ1) is 13.8. The Kier molecular flexibility index (Phi) is 6.20. The molecule has 0 aromatic carbocycles. The van der Waals surface area contributed by atoms with Gasteiger partial charge in [0.15, 0.2) is 0 Å². The van der Waals surface area contributed by atoms with Crippen LogP contribution in [-0.4, -0.2) is 34.2 Å². The maximum absolute atomic E-state index is 11.4. The summed E-state index contributed by atoms with van der Waals surface area (Å²) in [6.45, 7) is 8.27. The molecule has 84 valence electrons. The van der Waals surface area contributed by atoms with Crippen LogP contribution in [0.3, 0.4) is 0 Å². The number of amides is 1. The molecule has 4 heteroatoms. The SMILES string of the molecule is CC(CCO)NC(=O)CSC(C)(C)C. The van der Waals surface area contributed by atoms with E-state index in [4.69, 9.17) is 5.11 Å². The van der Waals surface area contributed by atoms with Gasteiger partial charge in [-0.1, -0.05) is 20.8 Å². The van der Waals surface area contributed by atoms with Crippen LogP contribution in [0.15, 0.2) is 0 Å². The highest BCUT2D eigenvalue weighted by atomic mass is 32.2. The average molecular weight is 219 g/mol. The molecule has 0 saturated carbocycles. The molecule has 0 aliphatic rings. The van der Waals surface area contributed by atoms with Crippen LogP contribution < -0.4 is 5.32 Å². The summed E-state index contributed by atoms with van der Waals surface area (Å²) in [6.07, 6.45) is 0.617. The minimum Gasteiger partial charge on any atom is -0.396 e. The van der Waals surface area contributed by atoms with Crippen molar-refractivity contribution >= 4 is 17.7 Å². The Balaban J connectivity index is 3.65. The normalized spacial score (nSPS) is 13.8. The van der Waals surface area contributed by atoms with E-state index in [1.807, 2.05) is 6.92 Å². The van der Waals surface area contributed by atoms with E-state index in [1.54, 1.807) is 11.8 Å². The number of rotatable bonds is 5. The predicted molar refractivity (Wildman–Crippen MR) is 61.5 cm³/mol. The van der Waals surface area contributed by atoms with Crippen LogP contribution >= 0.6 is 11.8 Å². The smallest absolute Gasteiger partial charge is 0.230 e. The van der Waals surface area contributed by atoms with Crippen molar-refractivity contribution in [2.75, 3.05) is 12.4 Å². The topological polar surface area (TPSA) is 49.3 Å². The molecule has 0 aliphatic carbocycles. The summed E-state index contributed by atoms with van der Waals surface area (Å²) in [5.74, 6) is 0.532. The summed E-state index contributed by atoms with van der Waals surface area (Å²) in [5, 5.41) is 11.5. The van der Waals surface area contributed by atoms with E-state index >= 15 is 0 Å². The van der Waals surface area contributed by atoms with Crippen LogP contribution in [0.5, 0.6) is 0 Å². The van der Waals surface area contributed by atoms with Crippen molar-refractivity contribution in [1.29, 1.82) is 0 Å². The van der Waals surface area contributed by atoms with E-state index in [0.717, 1.165) is 0 Å². The number of aliphatic hydroxyl groups excluding tert-OH is 1. The van der Waals surface area contributed by atoms with Gasteiger partial charge < -0.3 is 10.4 Å². The third-order valence-corrected chi connectivity index (χ3v) is 2.88. The van der Waals surface area contributed by atoms with Gasteiger partial charge in [0.05, 0.1) is 5.75 Å². The third-order valence-electron chi connectivity index (χ3n) is 1.61. The summed E-state index contributed by atoms with van der Waals surface area (Å²) in [6, 6.07) is 0.0630. The first-order valence-electron chi connectivity index (χ1n) is 4.89. The van der Waals surface area contributed by atoms with Gasteiger partial charge in [0.2, 0.25) is 5.91 Å². The minimum atomic E-state index is 0.0471. The maximum Gasteiger partial charge on any atom is 0.230 e. The van der Waals surface area contributed by atoms with Crippen molar-refractivity contribution in [3.05, 3.63) is 0 Å². The molecule has 0 heterocycles. The molecule has 0 spiro atoms. The van der Waals surface area contributed by atoms with Crippen LogP contribution in [0.4, 0.5) is 0 Å². The largest absolute Gasteiger partial charge is 0.396 e. The molecule has 0 bridgehead atoms. The Morgan fingerprint density at radius 1 is 1.50 bits per heavy atom. The number of aliphatic hydroxyl groups is 1. The molecule has 0 fully saturated rings. The monoisotopic (exact) mass is 219 g/mol. The summed E-state index contributed by atoms with van der Waals surface area (Å²) in [7, 11) is 0. The zero-order chi connectivity index (χ0) is 11.2. The van der Waals surface area contributed by atoms with Gasteiger partial charge in [-0.05, 0) is 13.3 Å². The first-order chi connectivity index (χ1) is 6.35. The molecule has 0 aliphatic heterocycles. The van der Waals surface area contributed by atoms with E-state index in [-0.39, 0.29) is 23.3 Å². The average Bonchev–Trinajstić information content (AvgIpc) is 2.00. The van der Waals surface area contributed by atoms with Crippen molar-refractivity contribution in [3.63, 3.8) is 0 Å². The molecule has 0 rings (SSSR count). The van der Waals surface area contributed by atoms with Gasteiger partial charge >= 0.3 is 0 Å². The van der Waals surface area contributed by atoms with Gasteiger partial charge in [0.25, 0.3) is 0 Å². The number of hydrogen-bond acceptors (Lipinski definition) is 3. The highest BCUT2D eigenvalue weighted by molar-refractivity contribution is 8.01. The zero-order valence-electron chi connectivity index (χ0n) is 9.46. The molecular formula is C10H21NO2S. The molecule has 0 aromatic rings. The molecule has 0 saturated heterocycles. The van der Waals surface area contributed by atoms with Crippen LogP contribution in [0.25, 0.3) is 0 Å². The van der Waals surface area contributed by atoms with Crippen LogP contribution in [-0.2, 0) is 4.79 Å². The van der Waals surface area contributed by atoms with E-state index in [2.05, 4.69) is 26.1 Å². The maximum atomic E-state index is 11.4. The summed E-state index contributed by atoms with van der Waals surface area (Å²) >= 11 is 1.63. The molecule has 0 aromatic heterocycles. The molecule has 1 unspecified atom stereocenters. The lowest BCUT2D eigenvalue weighted by Gasteiger charge is -2.18. The van der Waals surface area contributed by atoms with Gasteiger partial charge in [-0.15, -0.1) is 11.8 Å². The summed E-state index contributed by atoms with van der Waals surface area (Å²) < 4.78 is 0.123. The number of thioether (sulfide) groups is 1. The number of carbonyl (C=O) groups is 1. The lowest BCUT2D eigenvalue weighted by Crippen LogP contribution is -2.35. The van der Waals surface area contributed by atoms with Crippen molar-refractivity contribution < 1.29 is 9.90 Å². The molecule has 14 heavy (non-hydrogen) atoms. The van der Waals surface area contributed by atoms with Crippen molar-refractivity contribution in [1.82, 2.24) is 5.32 Å². The fourth-order valence-corrected chi connectivity index (χ4v) is 1.51. The van der Waals surface area contributed by atoms with Crippen molar-refractivity contribution in [2.45, 2.75) is 44.9 Å². The molecule has 0 radical (unpaired) electrons. The Labute approximate surface area is 90.7 Å². The number of carbonyl (C=O) groups excluding carboxylic acids is 1. The van der Waals surface area contributed by atoms with Crippen LogP contribution in [0.2, 0.25) is 0 Å². The number of hydrogen-bond donors (Lipinski definition) is 2. The highest BCUT2D eigenvalue weighted by Crippen LogP contribution is 2.22. The van der Waals surface area contributed by atoms with Gasteiger partial charge in [-0.3, -0.25) is 4.79 Å². The highest BCUT2D eigenvalue weighted by Gasteiger charge is 2.14. The molecule has 3 nitrogen and oxygen atoms in total. The van der Waals surface area contributed by atoms with E-state index in [9.17, 15) is 4.79 Å². The van der Waals surface area contributed by atoms with Gasteiger partial charge in [-0.2, -0.15) is 0 Å². The number of nitrogens with one attached hydrogen (secondary N) is 1. The second-order valence-electron chi connectivity index (χ2n) is 4.38. The van der Waals surface area contributed by atoms with Gasteiger partial charge in [0.1, 0.15) is 0 Å².